The first-order valence-corrected chi connectivity index (χ1v) is 11.3. The van der Waals surface area contributed by atoms with Gasteiger partial charge < -0.3 is 14.8 Å². The molecular formula is C20H19ClF2N2O6S. The van der Waals surface area contributed by atoms with E-state index in [4.69, 9.17) is 21.1 Å². The molecule has 1 aliphatic heterocycles. The predicted molar refractivity (Wildman–Crippen MR) is 111 cm³/mol. The molecule has 32 heavy (non-hydrogen) atoms. The molecule has 1 amide bonds. The lowest BCUT2D eigenvalue weighted by Crippen LogP contribution is -2.40. The van der Waals surface area contributed by atoms with Crippen LogP contribution in [0, 0.1) is 11.6 Å². The lowest BCUT2D eigenvalue weighted by atomic mass is 10.2. The third kappa shape index (κ3) is 5.41. The van der Waals surface area contributed by atoms with Gasteiger partial charge in [0.15, 0.2) is 17.7 Å². The number of amides is 1. The molecule has 0 spiro atoms. The van der Waals surface area contributed by atoms with Crippen molar-refractivity contribution in [1.82, 2.24) is 4.31 Å². The maximum atomic E-state index is 13.4. The number of halogens is 3. The molecule has 172 valence electrons. The first kappa shape index (κ1) is 24.1. The number of nitrogens with one attached hydrogen (secondary N) is 1. The van der Waals surface area contributed by atoms with Gasteiger partial charge in [0.2, 0.25) is 10.0 Å². The van der Waals surface area contributed by atoms with Crippen LogP contribution in [-0.4, -0.2) is 57.0 Å². The number of carbonyl (C=O) groups is 2. The molecule has 0 bridgehead atoms. The zero-order chi connectivity index (χ0) is 23.5. The summed E-state index contributed by atoms with van der Waals surface area (Å²) in [4.78, 5) is 24.6. The molecular weight excluding hydrogens is 470 g/mol. The van der Waals surface area contributed by atoms with E-state index in [1.165, 1.54) is 35.5 Å². The van der Waals surface area contributed by atoms with E-state index in [1.807, 2.05) is 0 Å². The highest BCUT2D eigenvalue weighted by Crippen LogP contribution is 2.23. The van der Waals surface area contributed by atoms with Gasteiger partial charge in [0.05, 0.1) is 28.7 Å². The molecule has 2 aromatic rings. The number of esters is 1. The van der Waals surface area contributed by atoms with Crippen molar-refractivity contribution in [2.45, 2.75) is 17.9 Å². The van der Waals surface area contributed by atoms with Crippen LogP contribution in [0.5, 0.6) is 0 Å². The Kier molecular flexibility index (Phi) is 7.44. The van der Waals surface area contributed by atoms with Gasteiger partial charge in [0, 0.05) is 18.8 Å². The summed E-state index contributed by atoms with van der Waals surface area (Å²) in [6.07, 6.45) is -1.34. The van der Waals surface area contributed by atoms with Crippen LogP contribution in [0.3, 0.4) is 0 Å². The molecule has 12 heteroatoms. The van der Waals surface area contributed by atoms with E-state index in [1.54, 1.807) is 0 Å². The van der Waals surface area contributed by atoms with Crippen LogP contribution in [-0.2, 0) is 24.3 Å². The van der Waals surface area contributed by atoms with Crippen molar-refractivity contribution in [2.24, 2.45) is 0 Å². The Morgan fingerprint density at radius 3 is 2.50 bits per heavy atom. The minimum absolute atomic E-state index is 0.0181. The van der Waals surface area contributed by atoms with Gasteiger partial charge in [-0.05, 0) is 37.3 Å². The normalized spacial score (nSPS) is 15.8. The highest BCUT2D eigenvalue weighted by molar-refractivity contribution is 7.89. The zero-order valence-electron chi connectivity index (χ0n) is 16.8. The maximum absolute atomic E-state index is 13.4. The van der Waals surface area contributed by atoms with Crippen LogP contribution >= 0.6 is 11.6 Å². The smallest absolute Gasteiger partial charge is 0.340 e. The molecule has 1 unspecified atom stereocenters. The summed E-state index contributed by atoms with van der Waals surface area (Å²) in [5.74, 6) is -4.42. The number of sulfonamides is 1. The average Bonchev–Trinajstić information content (AvgIpc) is 2.76. The van der Waals surface area contributed by atoms with Crippen molar-refractivity contribution < 1.29 is 36.3 Å². The molecule has 1 heterocycles. The maximum Gasteiger partial charge on any atom is 0.340 e. The number of morpholine rings is 1. The molecule has 3 rings (SSSR count). The van der Waals surface area contributed by atoms with Gasteiger partial charge in [0.1, 0.15) is 0 Å². The Morgan fingerprint density at radius 1 is 1.16 bits per heavy atom. The van der Waals surface area contributed by atoms with E-state index in [0.717, 1.165) is 0 Å². The fourth-order valence-electron chi connectivity index (χ4n) is 2.87. The minimum atomic E-state index is -3.77. The lowest BCUT2D eigenvalue weighted by molar-refractivity contribution is -0.123. The van der Waals surface area contributed by atoms with Gasteiger partial charge in [-0.1, -0.05) is 17.7 Å². The van der Waals surface area contributed by atoms with E-state index in [2.05, 4.69) is 5.32 Å². The van der Waals surface area contributed by atoms with Crippen molar-refractivity contribution >= 4 is 39.2 Å². The molecule has 1 fully saturated rings. The molecule has 0 radical (unpaired) electrons. The van der Waals surface area contributed by atoms with Gasteiger partial charge >= 0.3 is 5.97 Å². The number of carbonyl (C=O) groups excluding carboxylic acids is 2. The largest absolute Gasteiger partial charge is 0.449 e. The molecule has 1 saturated heterocycles. The summed E-state index contributed by atoms with van der Waals surface area (Å²) in [5.41, 5.74) is -0.276. The summed E-state index contributed by atoms with van der Waals surface area (Å²) in [6.45, 7) is 2.28. The second kappa shape index (κ2) is 9.90. The molecule has 0 aromatic heterocycles. The van der Waals surface area contributed by atoms with E-state index in [0.29, 0.717) is 25.3 Å². The van der Waals surface area contributed by atoms with Crippen molar-refractivity contribution in [2.75, 3.05) is 31.6 Å². The lowest BCUT2D eigenvalue weighted by Gasteiger charge is -2.26. The molecule has 1 N–H and O–H groups in total. The SMILES string of the molecule is CC(OC(=O)c1cc(F)c(F)cc1Cl)C(=O)Nc1cccc(S(=O)(=O)N2CCOCC2)c1. The van der Waals surface area contributed by atoms with Crippen molar-refractivity contribution in [1.29, 1.82) is 0 Å². The van der Waals surface area contributed by atoms with Crippen LogP contribution in [0.1, 0.15) is 17.3 Å². The zero-order valence-corrected chi connectivity index (χ0v) is 18.4. The van der Waals surface area contributed by atoms with E-state index in [9.17, 15) is 26.8 Å². The highest BCUT2D eigenvalue weighted by Gasteiger charge is 2.27. The monoisotopic (exact) mass is 488 g/mol. The predicted octanol–water partition coefficient (Wildman–Crippen LogP) is 2.82. The quantitative estimate of drug-likeness (QED) is 0.495. The summed E-state index contributed by atoms with van der Waals surface area (Å²) in [7, 11) is -3.77. The van der Waals surface area contributed by atoms with E-state index < -0.39 is 45.2 Å². The second-order valence-corrected chi connectivity index (χ2v) is 9.17. The number of nitrogens with zero attached hydrogens (tertiary/aromatic N) is 1. The first-order valence-electron chi connectivity index (χ1n) is 9.44. The Hall–Kier alpha value is -2.60. The third-order valence-corrected chi connectivity index (χ3v) is 6.80. The fourth-order valence-corrected chi connectivity index (χ4v) is 4.55. The first-order chi connectivity index (χ1) is 15.1. The molecule has 1 aliphatic rings. The highest BCUT2D eigenvalue weighted by atomic mass is 35.5. The van der Waals surface area contributed by atoms with Gasteiger partial charge in [-0.15, -0.1) is 0 Å². The number of benzene rings is 2. The minimum Gasteiger partial charge on any atom is -0.449 e. The second-order valence-electron chi connectivity index (χ2n) is 6.83. The van der Waals surface area contributed by atoms with E-state index in [-0.39, 0.29) is 28.7 Å². The average molecular weight is 489 g/mol. The van der Waals surface area contributed by atoms with Crippen molar-refractivity contribution in [3.8, 4) is 0 Å². The van der Waals surface area contributed by atoms with Crippen LogP contribution in [0.15, 0.2) is 41.3 Å². The number of hydrogen-bond acceptors (Lipinski definition) is 6. The topological polar surface area (TPSA) is 102 Å². The van der Waals surface area contributed by atoms with Crippen LogP contribution < -0.4 is 5.32 Å². The molecule has 8 nitrogen and oxygen atoms in total. The van der Waals surface area contributed by atoms with Gasteiger partial charge in [-0.2, -0.15) is 4.31 Å². The number of anilines is 1. The Bertz CT molecular complexity index is 1140. The standard InChI is InChI=1S/C20H19ClF2N2O6S/c1-12(31-20(27)15-10-17(22)18(23)11-16(15)21)19(26)24-13-3-2-4-14(9-13)32(28,29)25-5-7-30-8-6-25/h2-4,9-12H,5-8H2,1H3,(H,24,26). The third-order valence-electron chi connectivity index (χ3n) is 4.59. The van der Waals surface area contributed by atoms with Crippen LogP contribution in [0.25, 0.3) is 0 Å². The summed E-state index contributed by atoms with van der Waals surface area (Å²) < 4.78 is 63.5. The molecule has 2 aromatic carbocycles. The number of hydrogen-bond donors (Lipinski definition) is 1. The van der Waals surface area contributed by atoms with Gasteiger partial charge in [0.25, 0.3) is 5.91 Å². The van der Waals surface area contributed by atoms with Crippen molar-refractivity contribution in [3.63, 3.8) is 0 Å². The fraction of sp³-hybridized carbons (Fsp3) is 0.300. The Morgan fingerprint density at radius 2 is 1.81 bits per heavy atom. The van der Waals surface area contributed by atoms with E-state index >= 15 is 0 Å². The molecule has 0 saturated carbocycles. The van der Waals surface area contributed by atoms with Crippen LogP contribution in [0.2, 0.25) is 5.02 Å². The van der Waals surface area contributed by atoms with Gasteiger partial charge in [-0.3, -0.25) is 4.79 Å². The number of ether oxygens (including phenoxy) is 2. The Balaban J connectivity index is 1.68. The molecule has 0 aliphatic carbocycles. The Labute approximate surface area is 188 Å². The number of rotatable bonds is 6. The summed E-state index contributed by atoms with van der Waals surface area (Å²) in [6, 6.07) is 6.80. The van der Waals surface area contributed by atoms with Crippen molar-refractivity contribution in [3.05, 3.63) is 58.6 Å². The molecule has 1 atom stereocenters. The van der Waals surface area contributed by atoms with Gasteiger partial charge in [-0.25, -0.2) is 22.0 Å². The van der Waals surface area contributed by atoms with Crippen LogP contribution in [0.4, 0.5) is 14.5 Å². The summed E-state index contributed by atoms with van der Waals surface area (Å²) >= 11 is 5.74. The summed E-state index contributed by atoms with van der Waals surface area (Å²) in [5, 5.41) is 2.09.